The van der Waals surface area contributed by atoms with E-state index in [-0.39, 0.29) is 6.61 Å². The van der Waals surface area contributed by atoms with Crippen LogP contribution in [0.25, 0.3) is 0 Å². The highest BCUT2D eigenvalue weighted by atomic mass is 32.2. The SMILES string of the molecule is CCn1cncc1CSCC(C)CO. The molecule has 0 bridgehead atoms. The van der Waals surface area contributed by atoms with Gasteiger partial charge in [-0.25, -0.2) is 4.98 Å². The molecule has 14 heavy (non-hydrogen) atoms. The first-order valence-corrected chi connectivity index (χ1v) is 6.11. The van der Waals surface area contributed by atoms with Crippen molar-refractivity contribution in [1.29, 1.82) is 0 Å². The van der Waals surface area contributed by atoms with E-state index < -0.39 is 0 Å². The molecule has 1 aromatic heterocycles. The summed E-state index contributed by atoms with van der Waals surface area (Å²) < 4.78 is 2.15. The number of imidazole rings is 1. The zero-order valence-electron chi connectivity index (χ0n) is 8.81. The van der Waals surface area contributed by atoms with E-state index in [9.17, 15) is 0 Å². The third-order valence-corrected chi connectivity index (χ3v) is 3.41. The molecule has 3 nitrogen and oxygen atoms in total. The van der Waals surface area contributed by atoms with Crippen LogP contribution in [0, 0.1) is 5.92 Å². The highest BCUT2D eigenvalue weighted by molar-refractivity contribution is 7.98. The highest BCUT2D eigenvalue weighted by Gasteiger charge is 2.03. The maximum absolute atomic E-state index is 8.86. The molecule has 4 heteroatoms. The van der Waals surface area contributed by atoms with Gasteiger partial charge in [0.25, 0.3) is 0 Å². The van der Waals surface area contributed by atoms with Crippen LogP contribution in [0.15, 0.2) is 12.5 Å². The molecule has 0 fully saturated rings. The zero-order valence-corrected chi connectivity index (χ0v) is 9.63. The lowest BCUT2D eigenvalue weighted by atomic mass is 10.2. The first-order chi connectivity index (χ1) is 6.77. The number of aliphatic hydroxyl groups is 1. The molecule has 0 aliphatic heterocycles. The Morgan fingerprint density at radius 3 is 3.07 bits per heavy atom. The van der Waals surface area contributed by atoms with Gasteiger partial charge in [0.15, 0.2) is 0 Å². The maximum atomic E-state index is 8.86. The summed E-state index contributed by atoms with van der Waals surface area (Å²) in [5.41, 5.74) is 1.27. The van der Waals surface area contributed by atoms with Crippen LogP contribution >= 0.6 is 11.8 Å². The van der Waals surface area contributed by atoms with Crippen molar-refractivity contribution >= 4 is 11.8 Å². The van der Waals surface area contributed by atoms with Crippen LogP contribution in [0.4, 0.5) is 0 Å². The Balaban J connectivity index is 2.31. The fourth-order valence-corrected chi connectivity index (χ4v) is 2.25. The molecule has 1 atom stereocenters. The van der Waals surface area contributed by atoms with E-state index in [0.717, 1.165) is 18.1 Å². The molecule has 1 unspecified atom stereocenters. The van der Waals surface area contributed by atoms with Gasteiger partial charge in [-0.2, -0.15) is 11.8 Å². The molecule has 80 valence electrons. The summed E-state index contributed by atoms with van der Waals surface area (Å²) in [6, 6.07) is 0. The van der Waals surface area contributed by atoms with Gasteiger partial charge in [-0.05, 0) is 18.6 Å². The van der Waals surface area contributed by atoms with E-state index in [2.05, 4.69) is 23.4 Å². The number of aryl methyl sites for hydroxylation is 1. The highest BCUT2D eigenvalue weighted by Crippen LogP contribution is 2.14. The van der Waals surface area contributed by atoms with Crippen LogP contribution in [0.5, 0.6) is 0 Å². The Bertz CT molecular complexity index is 262. The van der Waals surface area contributed by atoms with Crippen molar-refractivity contribution in [2.75, 3.05) is 12.4 Å². The Morgan fingerprint density at radius 2 is 2.43 bits per heavy atom. The van der Waals surface area contributed by atoms with Crippen molar-refractivity contribution in [3.05, 3.63) is 18.2 Å². The van der Waals surface area contributed by atoms with Crippen LogP contribution in [0.1, 0.15) is 19.5 Å². The normalized spacial score (nSPS) is 13.1. The fraction of sp³-hybridized carbons (Fsp3) is 0.700. The van der Waals surface area contributed by atoms with Crippen molar-refractivity contribution in [2.24, 2.45) is 5.92 Å². The predicted molar refractivity (Wildman–Crippen MR) is 60.3 cm³/mol. The number of hydrogen-bond acceptors (Lipinski definition) is 3. The van der Waals surface area contributed by atoms with Crippen LogP contribution in [-0.2, 0) is 12.3 Å². The molecule has 0 aliphatic rings. The molecule has 1 rings (SSSR count). The second kappa shape index (κ2) is 6.09. The maximum Gasteiger partial charge on any atom is 0.0948 e. The summed E-state index contributed by atoms with van der Waals surface area (Å²) in [6.45, 7) is 5.43. The summed E-state index contributed by atoms with van der Waals surface area (Å²) in [5.74, 6) is 2.38. The number of nitrogens with zero attached hydrogens (tertiary/aromatic N) is 2. The number of aliphatic hydroxyl groups excluding tert-OH is 1. The molecule has 0 saturated carbocycles. The van der Waals surface area contributed by atoms with Crippen LogP contribution < -0.4 is 0 Å². The van der Waals surface area contributed by atoms with Crippen LogP contribution in [0.2, 0.25) is 0 Å². The number of thioether (sulfide) groups is 1. The summed E-state index contributed by atoms with van der Waals surface area (Å²) in [7, 11) is 0. The fourth-order valence-electron chi connectivity index (χ4n) is 1.17. The predicted octanol–water partition coefficient (Wildman–Crippen LogP) is 1.76. The minimum Gasteiger partial charge on any atom is -0.396 e. The molecule has 1 heterocycles. The third kappa shape index (κ3) is 3.35. The van der Waals surface area contributed by atoms with E-state index in [1.807, 2.05) is 24.3 Å². The van der Waals surface area contributed by atoms with Crippen molar-refractivity contribution < 1.29 is 5.11 Å². The lowest BCUT2D eigenvalue weighted by Gasteiger charge is -2.08. The van der Waals surface area contributed by atoms with Crippen molar-refractivity contribution in [2.45, 2.75) is 26.1 Å². The third-order valence-electron chi connectivity index (χ3n) is 2.10. The number of rotatable bonds is 6. The van der Waals surface area contributed by atoms with Gasteiger partial charge in [0.05, 0.1) is 6.33 Å². The Kier molecular flexibility index (Phi) is 5.04. The molecule has 0 saturated heterocycles. The van der Waals surface area contributed by atoms with Gasteiger partial charge in [-0.1, -0.05) is 6.92 Å². The van der Waals surface area contributed by atoms with E-state index in [1.54, 1.807) is 0 Å². The smallest absolute Gasteiger partial charge is 0.0948 e. The van der Waals surface area contributed by atoms with Gasteiger partial charge in [0.2, 0.25) is 0 Å². The van der Waals surface area contributed by atoms with E-state index >= 15 is 0 Å². The second-order valence-corrected chi connectivity index (χ2v) is 4.50. The van der Waals surface area contributed by atoms with Crippen molar-refractivity contribution in [3.8, 4) is 0 Å². The van der Waals surface area contributed by atoms with Gasteiger partial charge in [-0.15, -0.1) is 0 Å². The molecule has 0 aromatic carbocycles. The van der Waals surface area contributed by atoms with E-state index in [0.29, 0.717) is 5.92 Å². The van der Waals surface area contributed by atoms with Crippen molar-refractivity contribution in [3.63, 3.8) is 0 Å². The average molecular weight is 214 g/mol. The Morgan fingerprint density at radius 1 is 1.64 bits per heavy atom. The first kappa shape index (κ1) is 11.6. The van der Waals surface area contributed by atoms with Gasteiger partial charge >= 0.3 is 0 Å². The summed E-state index contributed by atoms with van der Waals surface area (Å²) in [4.78, 5) is 4.11. The largest absolute Gasteiger partial charge is 0.396 e. The zero-order chi connectivity index (χ0) is 10.4. The molecule has 0 amide bonds. The molecule has 0 aliphatic carbocycles. The molecule has 0 spiro atoms. The molecular formula is C10H18N2OS. The first-order valence-electron chi connectivity index (χ1n) is 4.95. The molecular weight excluding hydrogens is 196 g/mol. The summed E-state index contributed by atoms with van der Waals surface area (Å²) in [6.07, 6.45) is 3.78. The van der Waals surface area contributed by atoms with Gasteiger partial charge in [-0.3, -0.25) is 0 Å². The summed E-state index contributed by atoms with van der Waals surface area (Å²) in [5, 5.41) is 8.86. The Labute approximate surface area is 89.5 Å². The van der Waals surface area contributed by atoms with Crippen LogP contribution in [0.3, 0.4) is 0 Å². The van der Waals surface area contributed by atoms with Crippen molar-refractivity contribution in [1.82, 2.24) is 9.55 Å². The minimum absolute atomic E-state index is 0.278. The average Bonchev–Trinajstić information content (AvgIpc) is 2.65. The number of hydrogen-bond donors (Lipinski definition) is 1. The van der Waals surface area contributed by atoms with Crippen LogP contribution in [-0.4, -0.2) is 27.0 Å². The topological polar surface area (TPSA) is 38.0 Å². The van der Waals surface area contributed by atoms with Gasteiger partial charge in [0.1, 0.15) is 0 Å². The Hall–Kier alpha value is -0.480. The number of aromatic nitrogens is 2. The summed E-state index contributed by atoms with van der Waals surface area (Å²) >= 11 is 1.85. The lowest BCUT2D eigenvalue weighted by molar-refractivity contribution is 0.250. The molecule has 0 radical (unpaired) electrons. The monoisotopic (exact) mass is 214 g/mol. The molecule has 1 N–H and O–H groups in total. The van der Waals surface area contributed by atoms with E-state index in [4.69, 9.17) is 5.11 Å². The standard InChI is InChI=1S/C10H18N2OS/c1-3-12-8-11-4-10(12)7-14-6-9(2)5-13/h4,8-9,13H,3,5-7H2,1-2H3. The lowest BCUT2D eigenvalue weighted by Crippen LogP contribution is -2.04. The minimum atomic E-state index is 0.278. The quantitative estimate of drug-likeness (QED) is 0.784. The molecule has 1 aromatic rings. The van der Waals surface area contributed by atoms with E-state index in [1.165, 1.54) is 5.69 Å². The van der Waals surface area contributed by atoms with Gasteiger partial charge < -0.3 is 9.67 Å². The second-order valence-electron chi connectivity index (χ2n) is 3.47. The van der Waals surface area contributed by atoms with Gasteiger partial charge in [0, 0.05) is 30.8 Å².